The highest BCUT2D eigenvalue weighted by atomic mass is 16.5. The fourth-order valence-corrected chi connectivity index (χ4v) is 6.17. The quantitative estimate of drug-likeness (QED) is 0.359. The number of rotatable bonds is 6. The Hall–Kier alpha value is -2.90. The van der Waals surface area contributed by atoms with Crippen LogP contribution in [0.5, 0.6) is 5.75 Å². The SMILES string of the molecule is COc1ccc(C)cc1NC(=O)C(=O)N/N=C(/C)CC(=O)NC12CC3CC(CC(C3)C1)C2. The van der Waals surface area contributed by atoms with Gasteiger partial charge in [-0.25, -0.2) is 5.43 Å². The third kappa shape index (κ3) is 4.95. The van der Waals surface area contributed by atoms with Crippen LogP contribution in [-0.4, -0.2) is 36.1 Å². The van der Waals surface area contributed by atoms with Gasteiger partial charge in [-0.05, 0) is 87.8 Å². The van der Waals surface area contributed by atoms with Gasteiger partial charge in [0, 0.05) is 11.3 Å². The number of hydrogen-bond acceptors (Lipinski definition) is 5. The van der Waals surface area contributed by atoms with Crippen LogP contribution in [0.3, 0.4) is 0 Å². The molecule has 8 nitrogen and oxygen atoms in total. The van der Waals surface area contributed by atoms with Gasteiger partial charge < -0.3 is 15.4 Å². The molecule has 4 bridgehead atoms. The number of carbonyl (C=O) groups excluding carboxylic acids is 3. The molecule has 1 aromatic rings. The van der Waals surface area contributed by atoms with Gasteiger partial charge in [0.2, 0.25) is 5.91 Å². The zero-order valence-corrected chi connectivity index (χ0v) is 19.0. The second kappa shape index (κ2) is 8.92. The van der Waals surface area contributed by atoms with E-state index >= 15 is 0 Å². The first kappa shape index (κ1) is 22.3. The van der Waals surface area contributed by atoms with Crippen LogP contribution in [0.4, 0.5) is 5.69 Å². The van der Waals surface area contributed by atoms with Crippen molar-refractivity contribution in [2.45, 2.75) is 64.3 Å². The van der Waals surface area contributed by atoms with Crippen LogP contribution in [0.2, 0.25) is 0 Å². The largest absolute Gasteiger partial charge is 0.495 e. The number of nitrogens with one attached hydrogen (secondary N) is 3. The van der Waals surface area contributed by atoms with Gasteiger partial charge >= 0.3 is 11.8 Å². The van der Waals surface area contributed by atoms with E-state index in [0.717, 1.165) is 42.6 Å². The number of aryl methyl sites for hydroxylation is 1. The Balaban J connectivity index is 1.28. The van der Waals surface area contributed by atoms with Crippen LogP contribution >= 0.6 is 0 Å². The zero-order valence-electron chi connectivity index (χ0n) is 19.0. The lowest BCUT2D eigenvalue weighted by Gasteiger charge is -2.56. The molecule has 32 heavy (non-hydrogen) atoms. The summed E-state index contributed by atoms with van der Waals surface area (Å²) >= 11 is 0. The topological polar surface area (TPSA) is 109 Å². The smallest absolute Gasteiger partial charge is 0.329 e. The molecular weight excluding hydrogens is 408 g/mol. The van der Waals surface area contributed by atoms with Gasteiger partial charge in [-0.1, -0.05) is 6.07 Å². The summed E-state index contributed by atoms with van der Waals surface area (Å²) in [5.41, 5.74) is 3.95. The van der Waals surface area contributed by atoms with Gasteiger partial charge in [0.15, 0.2) is 0 Å². The minimum Gasteiger partial charge on any atom is -0.495 e. The molecule has 0 spiro atoms. The number of benzene rings is 1. The number of methoxy groups -OCH3 is 1. The minimum atomic E-state index is -0.908. The van der Waals surface area contributed by atoms with Crippen molar-refractivity contribution in [2.75, 3.05) is 12.4 Å². The first-order valence-electron chi connectivity index (χ1n) is 11.4. The van der Waals surface area contributed by atoms with Crippen molar-refractivity contribution in [1.82, 2.24) is 10.7 Å². The molecule has 172 valence electrons. The maximum absolute atomic E-state index is 12.7. The van der Waals surface area contributed by atoms with E-state index in [1.165, 1.54) is 26.4 Å². The van der Waals surface area contributed by atoms with Crippen LogP contribution in [0.25, 0.3) is 0 Å². The first-order valence-corrected chi connectivity index (χ1v) is 11.4. The lowest BCUT2D eigenvalue weighted by Crippen LogP contribution is -2.60. The van der Waals surface area contributed by atoms with E-state index in [-0.39, 0.29) is 17.9 Å². The van der Waals surface area contributed by atoms with Crippen molar-refractivity contribution in [3.63, 3.8) is 0 Å². The normalized spacial score (nSPS) is 28.2. The molecule has 0 atom stereocenters. The number of anilines is 1. The molecule has 0 heterocycles. The molecule has 0 aromatic heterocycles. The lowest BCUT2D eigenvalue weighted by molar-refractivity contribution is -0.136. The van der Waals surface area contributed by atoms with E-state index in [1.807, 2.05) is 13.0 Å². The lowest BCUT2D eigenvalue weighted by atomic mass is 9.53. The van der Waals surface area contributed by atoms with E-state index in [2.05, 4.69) is 21.2 Å². The molecule has 4 aliphatic carbocycles. The number of hydrogen-bond donors (Lipinski definition) is 3. The molecule has 5 rings (SSSR count). The summed E-state index contributed by atoms with van der Waals surface area (Å²) in [6.07, 6.45) is 7.30. The highest BCUT2D eigenvalue weighted by molar-refractivity contribution is 6.39. The monoisotopic (exact) mass is 440 g/mol. The summed E-state index contributed by atoms with van der Waals surface area (Å²) in [6, 6.07) is 5.28. The molecule has 3 amide bonds. The Morgan fingerprint density at radius 1 is 1.06 bits per heavy atom. The van der Waals surface area contributed by atoms with Gasteiger partial charge in [-0.2, -0.15) is 5.10 Å². The number of nitrogens with zero attached hydrogens (tertiary/aromatic N) is 1. The summed E-state index contributed by atoms with van der Waals surface area (Å²) in [5.74, 6) is 0.871. The molecule has 0 aliphatic heterocycles. The van der Waals surface area contributed by atoms with Crippen LogP contribution in [-0.2, 0) is 14.4 Å². The van der Waals surface area contributed by atoms with Crippen molar-refractivity contribution < 1.29 is 19.1 Å². The fourth-order valence-electron chi connectivity index (χ4n) is 6.17. The molecule has 4 fully saturated rings. The van der Waals surface area contributed by atoms with Crippen LogP contribution in [0.1, 0.15) is 57.4 Å². The molecule has 0 saturated heterocycles. The van der Waals surface area contributed by atoms with E-state index in [0.29, 0.717) is 17.1 Å². The van der Waals surface area contributed by atoms with Crippen molar-refractivity contribution in [3.05, 3.63) is 23.8 Å². The van der Waals surface area contributed by atoms with Gasteiger partial charge in [0.25, 0.3) is 0 Å². The second-order valence-electron chi connectivity index (χ2n) is 9.87. The van der Waals surface area contributed by atoms with Crippen LogP contribution in [0.15, 0.2) is 23.3 Å². The molecule has 3 N–H and O–H groups in total. The third-order valence-corrected chi connectivity index (χ3v) is 7.02. The minimum absolute atomic E-state index is 0.0535. The maximum atomic E-state index is 12.7. The Labute approximate surface area is 188 Å². The molecule has 4 saturated carbocycles. The standard InChI is InChI=1S/C24H32N4O4/c1-14-4-5-20(32-3)19(6-14)25-22(30)23(31)28-27-15(2)7-21(29)26-24-11-16-8-17(12-24)10-18(9-16)13-24/h4-6,16-18H,7-13H2,1-3H3,(H,25,30)(H,26,29)(H,28,31)/b27-15-. The highest BCUT2D eigenvalue weighted by Crippen LogP contribution is 2.55. The maximum Gasteiger partial charge on any atom is 0.329 e. The van der Waals surface area contributed by atoms with Crippen molar-refractivity contribution in [2.24, 2.45) is 22.9 Å². The summed E-state index contributed by atoms with van der Waals surface area (Å²) in [4.78, 5) is 37.0. The average Bonchev–Trinajstić information content (AvgIpc) is 2.70. The number of amides is 3. The molecule has 0 unspecified atom stereocenters. The predicted octanol–water partition coefficient (Wildman–Crippen LogP) is 2.91. The molecule has 1 aromatic carbocycles. The van der Waals surface area contributed by atoms with E-state index in [1.54, 1.807) is 19.1 Å². The van der Waals surface area contributed by atoms with Crippen molar-refractivity contribution >= 4 is 29.1 Å². The average molecular weight is 441 g/mol. The van der Waals surface area contributed by atoms with Crippen molar-refractivity contribution in [1.29, 1.82) is 0 Å². The van der Waals surface area contributed by atoms with Gasteiger partial charge in [0.05, 0.1) is 19.2 Å². The number of carbonyl (C=O) groups is 3. The second-order valence-corrected chi connectivity index (χ2v) is 9.87. The molecular formula is C24H32N4O4. The Bertz CT molecular complexity index is 920. The van der Waals surface area contributed by atoms with E-state index in [4.69, 9.17) is 4.74 Å². The van der Waals surface area contributed by atoms with E-state index < -0.39 is 11.8 Å². The predicted molar refractivity (Wildman–Crippen MR) is 121 cm³/mol. The molecule has 0 radical (unpaired) electrons. The molecule has 4 aliphatic rings. The first-order chi connectivity index (χ1) is 15.2. The summed E-state index contributed by atoms with van der Waals surface area (Å²) < 4.78 is 5.20. The highest BCUT2D eigenvalue weighted by Gasteiger charge is 2.51. The van der Waals surface area contributed by atoms with Crippen molar-refractivity contribution in [3.8, 4) is 5.75 Å². The summed E-state index contributed by atoms with van der Waals surface area (Å²) in [5, 5.41) is 9.76. The Morgan fingerprint density at radius 2 is 1.69 bits per heavy atom. The third-order valence-electron chi connectivity index (χ3n) is 7.02. The van der Waals surface area contributed by atoms with E-state index in [9.17, 15) is 14.4 Å². The fraction of sp³-hybridized carbons (Fsp3) is 0.583. The molecule has 8 heteroatoms. The number of ether oxygens (including phenoxy) is 1. The van der Waals surface area contributed by atoms with Gasteiger partial charge in [0.1, 0.15) is 5.75 Å². The van der Waals surface area contributed by atoms with Crippen LogP contribution < -0.4 is 20.8 Å². The summed E-state index contributed by atoms with van der Waals surface area (Å²) in [6.45, 7) is 3.54. The Kier molecular flexibility index (Phi) is 6.22. The summed E-state index contributed by atoms with van der Waals surface area (Å²) in [7, 11) is 1.49. The van der Waals surface area contributed by atoms with Crippen LogP contribution in [0, 0.1) is 24.7 Å². The van der Waals surface area contributed by atoms with Gasteiger partial charge in [-0.15, -0.1) is 0 Å². The van der Waals surface area contributed by atoms with Gasteiger partial charge in [-0.3, -0.25) is 14.4 Å². The Morgan fingerprint density at radius 3 is 2.28 bits per heavy atom. The zero-order chi connectivity index (χ0) is 22.9. The number of hydrazone groups is 1.